The van der Waals surface area contributed by atoms with Crippen LogP contribution in [0.5, 0.6) is 11.5 Å². The SMILES string of the molecule is CC(C)(C)OC(=O)NCCCCOCCOc1ccc(C(=O)c2c(-c3ccc(Br)cc3)sc3cc(O)ccc23)cc1. The molecule has 0 spiro atoms. The Hall–Kier alpha value is -3.40. The summed E-state index contributed by atoms with van der Waals surface area (Å²) >= 11 is 4.96. The van der Waals surface area contributed by atoms with Gasteiger partial charge in [0.15, 0.2) is 5.78 Å². The van der Waals surface area contributed by atoms with Gasteiger partial charge in [0, 0.05) is 43.7 Å². The maximum absolute atomic E-state index is 13.7. The number of unbranched alkanes of at least 4 members (excludes halogenated alkanes) is 1. The highest BCUT2D eigenvalue weighted by Gasteiger charge is 2.22. The molecule has 0 aliphatic rings. The number of ketones is 1. The van der Waals surface area contributed by atoms with E-state index in [2.05, 4.69) is 21.2 Å². The van der Waals surface area contributed by atoms with Crippen LogP contribution in [0.2, 0.25) is 0 Å². The van der Waals surface area contributed by atoms with Crippen LogP contribution < -0.4 is 10.1 Å². The third-order valence-corrected chi connectivity index (χ3v) is 7.73. The summed E-state index contributed by atoms with van der Waals surface area (Å²) in [6.07, 6.45) is 1.19. The zero-order valence-corrected chi connectivity index (χ0v) is 25.8. The van der Waals surface area contributed by atoms with Gasteiger partial charge in [0.2, 0.25) is 0 Å². The molecule has 0 atom stereocenters. The number of carbonyl (C=O) groups excluding carboxylic acids is 2. The number of halogens is 1. The highest BCUT2D eigenvalue weighted by atomic mass is 79.9. The van der Waals surface area contributed by atoms with Gasteiger partial charge in [-0.25, -0.2) is 4.79 Å². The Kier molecular flexibility index (Phi) is 10.4. The Morgan fingerprint density at radius 3 is 2.37 bits per heavy atom. The molecule has 0 bridgehead atoms. The molecule has 216 valence electrons. The molecule has 41 heavy (non-hydrogen) atoms. The highest BCUT2D eigenvalue weighted by Crippen LogP contribution is 2.41. The van der Waals surface area contributed by atoms with Crippen LogP contribution >= 0.6 is 27.3 Å². The molecule has 0 aliphatic carbocycles. The lowest BCUT2D eigenvalue weighted by atomic mass is 9.97. The average molecular weight is 641 g/mol. The number of hydrogen-bond donors (Lipinski definition) is 2. The number of rotatable bonds is 12. The van der Waals surface area contributed by atoms with E-state index in [1.807, 2.05) is 45.0 Å². The molecule has 1 amide bonds. The average Bonchev–Trinajstić information content (AvgIpc) is 3.30. The fourth-order valence-corrected chi connectivity index (χ4v) is 5.62. The lowest BCUT2D eigenvalue weighted by Gasteiger charge is -2.19. The summed E-state index contributed by atoms with van der Waals surface area (Å²) in [4.78, 5) is 26.2. The Labute approximate surface area is 252 Å². The van der Waals surface area contributed by atoms with Gasteiger partial charge in [-0.2, -0.15) is 0 Å². The number of phenolic OH excluding ortho intramolecular Hbond substituents is 1. The van der Waals surface area contributed by atoms with Gasteiger partial charge < -0.3 is 24.6 Å². The third-order valence-electron chi connectivity index (χ3n) is 6.00. The number of aromatic hydroxyl groups is 1. The molecule has 4 rings (SSSR count). The van der Waals surface area contributed by atoms with Crippen LogP contribution in [0.1, 0.15) is 49.5 Å². The summed E-state index contributed by atoms with van der Waals surface area (Å²) in [6, 6.07) is 20.1. The number of carbonyl (C=O) groups is 2. The van der Waals surface area contributed by atoms with Gasteiger partial charge in [0.1, 0.15) is 23.7 Å². The van der Waals surface area contributed by atoms with Crippen molar-refractivity contribution >= 4 is 49.2 Å². The molecule has 0 saturated carbocycles. The summed E-state index contributed by atoms with van der Waals surface area (Å²) in [5, 5.41) is 13.5. The standard InChI is InChI=1S/C32H34BrNO6S/c1-32(2,3)40-31(37)34-16-4-5-17-38-18-19-39-25-13-8-21(9-14-25)29(36)28-26-15-12-24(35)20-27(26)41-30(28)22-6-10-23(33)11-7-22/h6-15,20,35H,4-5,16-19H2,1-3H3,(H,34,37). The normalized spacial score (nSPS) is 11.4. The summed E-state index contributed by atoms with van der Waals surface area (Å²) in [6.45, 7) is 7.42. The van der Waals surface area contributed by atoms with Gasteiger partial charge >= 0.3 is 6.09 Å². The van der Waals surface area contributed by atoms with Crippen molar-refractivity contribution in [2.75, 3.05) is 26.4 Å². The zero-order chi connectivity index (χ0) is 29.4. The first-order chi connectivity index (χ1) is 19.6. The van der Waals surface area contributed by atoms with Crippen molar-refractivity contribution in [1.82, 2.24) is 5.32 Å². The van der Waals surface area contributed by atoms with Crippen LogP contribution in [0.3, 0.4) is 0 Å². The van der Waals surface area contributed by atoms with Crippen molar-refractivity contribution in [3.8, 4) is 21.9 Å². The summed E-state index contributed by atoms with van der Waals surface area (Å²) in [5.41, 5.74) is 1.62. The lowest BCUT2D eigenvalue weighted by Crippen LogP contribution is -2.33. The summed E-state index contributed by atoms with van der Waals surface area (Å²) in [7, 11) is 0. The molecular formula is C32H34BrNO6S. The van der Waals surface area contributed by atoms with Crippen molar-refractivity contribution in [2.45, 2.75) is 39.2 Å². The van der Waals surface area contributed by atoms with E-state index in [0.717, 1.165) is 37.8 Å². The Balaban J connectivity index is 1.28. The van der Waals surface area contributed by atoms with Crippen LogP contribution in [0.4, 0.5) is 4.79 Å². The van der Waals surface area contributed by atoms with Crippen molar-refractivity contribution < 1.29 is 28.9 Å². The zero-order valence-electron chi connectivity index (χ0n) is 23.4. The van der Waals surface area contributed by atoms with Gasteiger partial charge in [0.05, 0.1) is 6.61 Å². The molecule has 0 unspecified atom stereocenters. The number of ether oxygens (including phenoxy) is 3. The number of benzene rings is 3. The van der Waals surface area contributed by atoms with E-state index in [1.54, 1.807) is 42.5 Å². The Morgan fingerprint density at radius 1 is 0.927 bits per heavy atom. The Morgan fingerprint density at radius 2 is 1.66 bits per heavy atom. The van der Waals surface area contributed by atoms with Gasteiger partial charge in [-0.15, -0.1) is 11.3 Å². The number of nitrogens with one attached hydrogen (secondary N) is 1. The molecule has 0 aliphatic heterocycles. The van der Waals surface area contributed by atoms with Gasteiger partial charge in [0.25, 0.3) is 0 Å². The molecule has 7 nitrogen and oxygen atoms in total. The molecule has 0 fully saturated rings. The summed E-state index contributed by atoms with van der Waals surface area (Å²) in [5.74, 6) is 0.733. The second-order valence-electron chi connectivity index (χ2n) is 10.4. The van der Waals surface area contributed by atoms with E-state index >= 15 is 0 Å². The first kappa shape index (κ1) is 30.6. The fraction of sp³-hybridized carbons (Fsp3) is 0.312. The number of thiophene rings is 1. The van der Waals surface area contributed by atoms with E-state index in [9.17, 15) is 14.7 Å². The molecule has 1 heterocycles. The predicted octanol–water partition coefficient (Wildman–Crippen LogP) is 7.97. The van der Waals surface area contributed by atoms with Crippen LogP contribution in [0.15, 0.2) is 71.2 Å². The molecule has 0 radical (unpaired) electrons. The number of amides is 1. The van der Waals surface area contributed by atoms with Gasteiger partial charge in [-0.1, -0.05) is 28.1 Å². The summed E-state index contributed by atoms with van der Waals surface area (Å²) < 4.78 is 18.4. The second-order valence-corrected chi connectivity index (χ2v) is 12.4. The quantitative estimate of drug-likeness (QED) is 0.121. The minimum Gasteiger partial charge on any atom is -0.508 e. The number of fused-ring (bicyclic) bond motifs is 1. The predicted molar refractivity (Wildman–Crippen MR) is 166 cm³/mol. The van der Waals surface area contributed by atoms with Crippen LogP contribution in [-0.2, 0) is 9.47 Å². The second kappa shape index (κ2) is 14.0. The lowest BCUT2D eigenvalue weighted by molar-refractivity contribution is 0.0523. The van der Waals surface area contributed by atoms with E-state index in [1.165, 1.54) is 11.3 Å². The maximum atomic E-state index is 13.7. The van der Waals surface area contributed by atoms with E-state index in [4.69, 9.17) is 14.2 Å². The maximum Gasteiger partial charge on any atom is 0.407 e. The smallest absolute Gasteiger partial charge is 0.407 e. The van der Waals surface area contributed by atoms with Crippen molar-refractivity contribution in [3.05, 3.63) is 82.3 Å². The first-order valence-electron chi connectivity index (χ1n) is 13.4. The number of phenols is 1. The molecule has 1 aromatic heterocycles. The highest BCUT2D eigenvalue weighted by molar-refractivity contribution is 9.10. The van der Waals surface area contributed by atoms with Gasteiger partial charge in [-0.3, -0.25) is 4.79 Å². The molecular weight excluding hydrogens is 606 g/mol. The first-order valence-corrected chi connectivity index (χ1v) is 15.1. The van der Waals surface area contributed by atoms with Crippen molar-refractivity contribution in [2.24, 2.45) is 0 Å². The minimum absolute atomic E-state index is 0.0871. The molecule has 2 N–H and O–H groups in total. The van der Waals surface area contributed by atoms with E-state index in [0.29, 0.717) is 43.2 Å². The van der Waals surface area contributed by atoms with Crippen molar-refractivity contribution in [3.63, 3.8) is 0 Å². The molecule has 3 aromatic carbocycles. The topological polar surface area (TPSA) is 94.1 Å². The third kappa shape index (κ3) is 8.79. The Bertz CT molecular complexity index is 1480. The molecule has 0 saturated heterocycles. The molecule has 9 heteroatoms. The molecule has 4 aromatic rings. The van der Waals surface area contributed by atoms with E-state index < -0.39 is 11.7 Å². The van der Waals surface area contributed by atoms with Crippen LogP contribution in [0, 0.1) is 0 Å². The largest absolute Gasteiger partial charge is 0.508 e. The van der Waals surface area contributed by atoms with Crippen LogP contribution in [-0.4, -0.2) is 48.9 Å². The van der Waals surface area contributed by atoms with Gasteiger partial charge in [-0.05, 0) is 93.8 Å². The van der Waals surface area contributed by atoms with Crippen LogP contribution in [0.25, 0.3) is 20.5 Å². The van der Waals surface area contributed by atoms with Crippen molar-refractivity contribution in [1.29, 1.82) is 0 Å². The number of hydrogen-bond acceptors (Lipinski definition) is 7. The monoisotopic (exact) mass is 639 g/mol. The number of alkyl carbamates (subject to hydrolysis) is 1. The fourth-order valence-electron chi connectivity index (χ4n) is 4.12. The minimum atomic E-state index is -0.502. The van der Waals surface area contributed by atoms with E-state index in [-0.39, 0.29) is 11.5 Å².